The van der Waals surface area contributed by atoms with Crippen molar-refractivity contribution in [2.45, 2.75) is 38.9 Å². The number of fused-ring (bicyclic) bond motifs is 4. The SMILES string of the molecule is CC1(C)OB(c2ccc3cc(-c4c5ccccc5c(-c5cccc6ccccc56)c5ccccc45)ccc3c2)OC1(C)C. The van der Waals surface area contributed by atoms with Crippen LogP contribution in [-0.2, 0) is 9.31 Å². The van der Waals surface area contributed by atoms with Gasteiger partial charge in [-0.05, 0) is 105 Å². The molecule has 0 saturated carbocycles. The summed E-state index contributed by atoms with van der Waals surface area (Å²) in [4.78, 5) is 0. The Kier molecular flexibility index (Phi) is 5.81. The minimum atomic E-state index is -0.372. The minimum Gasteiger partial charge on any atom is -0.399 e. The van der Waals surface area contributed by atoms with Gasteiger partial charge in [0.15, 0.2) is 0 Å². The van der Waals surface area contributed by atoms with E-state index in [1.165, 1.54) is 65.3 Å². The topological polar surface area (TPSA) is 18.5 Å². The van der Waals surface area contributed by atoms with Crippen LogP contribution < -0.4 is 5.46 Å². The molecule has 0 aromatic heterocycles. The highest BCUT2D eigenvalue weighted by atomic mass is 16.7. The summed E-state index contributed by atoms with van der Waals surface area (Å²) in [5.41, 5.74) is 5.37. The Balaban J connectivity index is 1.32. The van der Waals surface area contributed by atoms with Gasteiger partial charge in [-0.2, -0.15) is 0 Å². The van der Waals surface area contributed by atoms with E-state index in [-0.39, 0.29) is 18.3 Å². The molecule has 8 rings (SSSR count). The molecule has 0 amide bonds. The summed E-state index contributed by atoms with van der Waals surface area (Å²) in [6.07, 6.45) is 0. The molecule has 1 saturated heterocycles. The molecule has 0 radical (unpaired) electrons. The lowest BCUT2D eigenvalue weighted by atomic mass is 9.78. The molecule has 43 heavy (non-hydrogen) atoms. The highest BCUT2D eigenvalue weighted by molar-refractivity contribution is 6.62. The molecule has 3 heteroatoms. The molecule has 0 bridgehead atoms. The second-order valence-electron chi connectivity index (χ2n) is 12.8. The van der Waals surface area contributed by atoms with Crippen molar-refractivity contribution in [3.8, 4) is 22.3 Å². The van der Waals surface area contributed by atoms with Crippen LogP contribution >= 0.6 is 0 Å². The highest BCUT2D eigenvalue weighted by Gasteiger charge is 2.51. The Morgan fingerprint density at radius 1 is 0.442 bits per heavy atom. The van der Waals surface area contributed by atoms with E-state index in [4.69, 9.17) is 9.31 Å². The van der Waals surface area contributed by atoms with E-state index in [1.807, 2.05) is 0 Å². The number of hydrogen-bond acceptors (Lipinski definition) is 2. The van der Waals surface area contributed by atoms with Gasteiger partial charge in [-0.25, -0.2) is 0 Å². The molecule has 208 valence electrons. The molecule has 1 fully saturated rings. The first-order valence-corrected chi connectivity index (χ1v) is 15.1. The van der Waals surface area contributed by atoms with Crippen molar-refractivity contribution >= 4 is 55.7 Å². The molecule has 7 aromatic rings. The van der Waals surface area contributed by atoms with Gasteiger partial charge in [0.1, 0.15) is 0 Å². The molecule has 1 heterocycles. The van der Waals surface area contributed by atoms with Crippen molar-refractivity contribution in [1.29, 1.82) is 0 Å². The van der Waals surface area contributed by atoms with Gasteiger partial charge in [0.2, 0.25) is 0 Å². The first-order chi connectivity index (χ1) is 20.8. The van der Waals surface area contributed by atoms with Gasteiger partial charge in [0.25, 0.3) is 0 Å². The quantitative estimate of drug-likeness (QED) is 0.159. The zero-order chi connectivity index (χ0) is 29.3. The third-order valence-corrected chi connectivity index (χ3v) is 9.67. The fourth-order valence-corrected chi connectivity index (χ4v) is 6.72. The molecular formula is C40H33BO2. The van der Waals surface area contributed by atoms with Gasteiger partial charge in [-0.15, -0.1) is 0 Å². The Morgan fingerprint density at radius 2 is 0.953 bits per heavy atom. The first-order valence-electron chi connectivity index (χ1n) is 15.1. The van der Waals surface area contributed by atoms with E-state index in [0.29, 0.717) is 0 Å². The summed E-state index contributed by atoms with van der Waals surface area (Å²) in [7, 11) is -0.372. The third-order valence-electron chi connectivity index (χ3n) is 9.67. The molecule has 1 aliphatic rings. The lowest BCUT2D eigenvalue weighted by molar-refractivity contribution is 0.00578. The largest absolute Gasteiger partial charge is 0.494 e. The first kappa shape index (κ1) is 26.2. The van der Waals surface area contributed by atoms with E-state index >= 15 is 0 Å². The molecule has 0 N–H and O–H groups in total. The normalized spacial score (nSPS) is 16.0. The second kappa shape index (κ2) is 9.54. The molecule has 2 nitrogen and oxygen atoms in total. The van der Waals surface area contributed by atoms with Crippen LogP contribution in [0.3, 0.4) is 0 Å². The summed E-state index contributed by atoms with van der Waals surface area (Å²) < 4.78 is 12.7. The third kappa shape index (κ3) is 4.11. The molecule has 1 aliphatic heterocycles. The molecule has 0 unspecified atom stereocenters. The van der Waals surface area contributed by atoms with E-state index in [2.05, 4.69) is 155 Å². The van der Waals surface area contributed by atoms with Crippen molar-refractivity contribution in [2.24, 2.45) is 0 Å². The maximum atomic E-state index is 6.34. The lowest BCUT2D eigenvalue weighted by Gasteiger charge is -2.32. The average Bonchev–Trinajstić information content (AvgIpc) is 3.25. The van der Waals surface area contributed by atoms with Crippen LogP contribution in [0.25, 0.3) is 65.3 Å². The van der Waals surface area contributed by atoms with Crippen LogP contribution in [0.5, 0.6) is 0 Å². The van der Waals surface area contributed by atoms with Crippen LogP contribution in [0.15, 0.2) is 127 Å². The summed E-state index contributed by atoms with van der Waals surface area (Å²) in [6, 6.07) is 46.5. The molecule has 0 atom stereocenters. The maximum absolute atomic E-state index is 6.34. The van der Waals surface area contributed by atoms with Crippen molar-refractivity contribution in [3.05, 3.63) is 127 Å². The standard InChI is InChI=1S/C40H33BO2/c1-39(2)40(3,4)43-41(42-39)30-23-22-27-24-29(21-20-28(27)25-30)37-33-15-7-9-17-35(33)38(36-18-10-8-16-34(36)37)32-19-11-13-26-12-5-6-14-31(26)32/h5-25H,1-4H3. The Labute approximate surface area is 253 Å². The predicted molar refractivity (Wildman–Crippen MR) is 183 cm³/mol. The second-order valence-corrected chi connectivity index (χ2v) is 12.8. The summed E-state index contributed by atoms with van der Waals surface area (Å²) in [5, 5.41) is 9.96. The highest BCUT2D eigenvalue weighted by Crippen LogP contribution is 2.45. The van der Waals surface area contributed by atoms with Crippen molar-refractivity contribution in [3.63, 3.8) is 0 Å². The van der Waals surface area contributed by atoms with E-state index in [9.17, 15) is 0 Å². The van der Waals surface area contributed by atoms with Crippen LogP contribution in [0.2, 0.25) is 0 Å². The molecule has 0 aliphatic carbocycles. The van der Waals surface area contributed by atoms with Crippen LogP contribution in [0.4, 0.5) is 0 Å². The maximum Gasteiger partial charge on any atom is 0.494 e. The zero-order valence-corrected chi connectivity index (χ0v) is 25.0. The summed E-state index contributed by atoms with van der Waals surface area (Å²) >= 11 is 0. The van der Waals surface area contributed by atoms with Gasteiger partial charge in [0, 0.05) is 0 Å². The summed E-state index contributed by atoms with van der Waals surface area (Å²) in [6.45, 7) is 8.39. The van der Waals surface area contributed by atoms with Crippen LogP contribution in [-0.4, -0.2) is 18.3 Å². The van der Waals surface area contributed by atoms with Crippen molar-refractivity contribution in [1.82, 2.24) is 0 Å². The van der Waals surface area contributed by atoms with Gasteiger partial charge in [-0.3, -0.25) is 0 Å². The monoisotopic (exact) mass is 556 g/mol. The van der Waals surface area contributed by atoms with Gasteiger partial charge >= 0.3 is 7.12 Å². The molecule has 7 aromatic carbocycles. The van der Waals surface area contributed by atoms with E-state index in [1.54, 1.807) is 0 Å². The van der Waals surface area contributed by atoms with E-state index < -0.39 is 0 Å². The number of rotatable bonds is 3. The Bertz CT molecular complexity index is 2130. The van der Waals surface area contributed by atoms with Crippen LogP contribution in [0, 0.1) is 0 Å². The van der Waals surface area contributed by atoms with Crippen molar-refractivity contribution < 1.29 is 9.31 Å². The van der Waals surface area contributed by atoms with Gasteiger partial charge in [0.05, 0.1) is 11.2 Å². The zero-order valence-electron chi connectivity index (χ0n) is 25.0. The fraction of sp³-hybridized carbons (Fsp3) is 0.150. The van der Waals surface area contributed by atoms with Gasteiger partial charge in [-0.1, -0.05) is 121 Å². The predicted octanol–water partition coefficient (Wildman–Crippen LogP) is 9.93. The van der Waals surface area contributed by atoms with Crippen molar-refractivity contribution in [2.75, 3.05) is 0 Å². The Hall–Kier alpha value is -4.44. The molecule has 0 spiro atoms. The molecular weight excluding hydrogens is 523 g/mol. The lowest BCUT2D eigenvalue weighted by Crippen LogP contribution is -2.41. The van der Waals surface area contributed by atoms with Gasteiger partial charge < -0.3 is 9.31 Å². The average molecular weight is 557 g/mol. The fourth-order valence-electron chi connectivity index (χ4n) is 6.72. The smallest absolute Gasteiger partial charge is 0.399 e. The minimum absolute atomic E-state index is 0.364. The summed E-state index contributed by atoms with van der Waals surface area (Å²) in [5.74, 6) is 0. The number of hydrogen-bond donors (Lipinski definition) is 0. The Morgan fingerprint density at radius 3 is 1.60 bits per heavy atom. The van der Waals surface area contributed by atoms with Crippen LogP contribution in [0.1, 0.15) is 27.7 Å². The van der Waals surface area contributed by atoms with E-state index in [0.717, 1.165) is 5.46 Å². The number of benzene rings is 7.